The van der Waals surface area contributed by atoms with E-state index in [2.05, 4.69) is 0 Å². The number of rotatable bonds is 2. The first-order valence-electron chi connectivity index (χ1n) is 1.31. The van der Waals surface area contributed by atoms with Gasteiger partial charge in [-0.2, -0.15) is 5.43 Å². The van der Waals surface area contributed by atoms with Crippen LogP contribution in [0.15, 0.2) is 5.29 Å². The molecule has 0 aliphatic heterocycles. The molecule has 6 heavy (non-hydrogen) atoms. The van der Waals surface area contributed by atoms with Gasteiger partial charge < -0.3 is 0 Å². The van der Waals surface area contributed by atoms with E-state index in [-0.39, 0.29) is 5.28 Å². The molecule has 2 N–H and O–H groups in total. The highest BCUT2D eigenvalue weighted by atomic mass is 16.6. The molecule has 0 unspecified atom stereocenters. The van der Waals surface area contributed by atoms with Gasteiger partial charge in [0.05, 0.1) is 5.29 Å². The summed E-state index contributed by atoms with van der Waals surface area (Å²) in [7, 11) is 1.36. The van der Waals surface area contributed by atoms with Crippen LogP contribution >= 0.6 is 0 Å². The summed E-state index contributed by atoms with van der Waals surface area (Å²) in [5, 5.41) is 10.0. The lowest BCUT2D eigenvalue weighted by atomic mass is 11.5. The molecule has 0 aromatic heterocycles. The number of hydrazine groups is 1. The number of nitrogens with zero attached hydrogens (tertiary/aromatic N) is 2. The minimum Gasteiger partial charge on any atom is -0.255 e. The second kappa shape index (κ2) is 2.55. The highest BCUT2D eigenvalue weighted by molar-refractivity contribution is 4.08. The van der Waals surface area contributed by atoms with E-state index in [0.29, 0.717) is 0 Å². The van der Waals surface area contributed by atoms with Crippen LogP contribution in [0, 0.1) is 4.91 Å². The number of nitroso groups, excluding NO2 is 1. The first-order chi connectivity index (χ1) is 2.81. The van der Waals surface area contributed by atoms with Crippen LogP contribution in [0.25, 0.3) is 0 Å². The van der Waals surface area contributed by atoms with Crippen molar-refractivity contribution in [3.63, 3.8) is 0 Å². The second-order valence-corrected chi connectivity index (χ2v) is 0.595. The summed E-state index contributed by atoms with van der Waals surface area (Å²) in [4.78, 5) is 9.10. The maximum absolute atomic E-state index is 9.10. The Labute approximate surface area is 34.4 Å². The average Bonchev–Trinajstić information content (AvgIpc) is 1.65. The van der Waals surface area contributed by atoms with Gasteiger partial charge in [-0.3, -0.25) is 5.21 Å². The SMILES string of the molecule is CNN(O)N=O. The molecule has 0 atom stereocenters. The Kier molecular flexibility index (Phi) is 2.26. The lowest BCUT2D eigenvalue weighted by molar-refractivity contribution is -0.131. The van der Waals surface area contributed by atoms with E-state index in [1.165, 1.54) is 7.05 Å². The van der Waals surface area contributed by atoms with Crippen molar-refractivity contribution in [1.82, 2.24) is 10.7 Å². The van der Waals surface area contributed by atoms with Crippen LogP contribution in [-0.2, 0) is 0 Å². The second-order valence-electron chi connectivity index (χ2n) is 0.595. The van der Waals surface area contributed by atoms with Crippen molar-refractivity contribution in [2.75, 3.05) is 7.05 Å². The molecule has 0 spiro atoms. The third-order valence-electron chi connectivity index (χ3n) is 0.277. The molecule has 5 heteroatoms. The van der Waals surface area contributed by atoms with Crippen molar-refractivity contribution >= 4 is 0 Å². The van der Waals surface area contributed by atoms with Gasteiger partial charge in [-0.1, -0.05) is 5.28 Å². The Bertz CT molecular complexity index is 46.1. The zero-order chi connectivity index (χ0) is 4.99. The quantitative estimate of drug-likeness (QED) is 0.355. The Balaban J connectivity index is 2.96. The molecular formula is CH5N3O2. The largest absolute Gasteiger partial charge is 0.255 e. The fourth-order valence-electron chi connectivity index (χ4n) is 0.0408. The van der Waals surface area contributed by atoms with Crippen molar-refractivity contribution < 1.29 is 5.21 Å². The summed E-state index contributed by atoms with van der Waals surface area (Å²) in [6.07, 6.45) is 0. The van der Waals surface area contributed by atoms with Crippen molar-refractivity contribution in [1.29, 1.82) is 0 Å². The van der Waals surface area contributed by atoms with Gasteiger partial charge in [-0.25, -0.2) is 0 Å². The Hall–Kier alpha value is -0.680. The van der Waals surface area contributed by atoms with Crippen LogP contribution < -0.4 is 5.43 Å². The number of hydrogen-bond acceptors (Lipinski definition) is 4. The molecular weight excluding hydrogens is 86.0 g/mol. The van der Waals surface area contributed by atoms with E-state index in [1.807, 2.05) is 10.7 Å². The van der Waals surface area contributed by atoms with Crippen molar-refractivity contribution in [3.8, 4) is 0 Å². The van der Waals surface area contributed by atoms with Crippen LogP contribution in [-0.4, -0.2) is 17.5 Å². The lowest BCUT2D eigenvalue weighted by Gasteiger charge is -1.98. The minimum atomic E-state index is 0.0694. The van der Waals surface area contributed by atoms with Gasteiger partial charge in [0.1, 0.15) is 0 Å². The summed E-state index contributed by atoms with van der Waals surface area (Å²) >= 11 is 0. The Morgan fingerprint density at radius 2 is 2.50 bits per heavy atom. The highest BCUT2D eigenvalue weighted by Gasteiger charge is 1.81. The van der Waals surface area contributed by atoms with Crippen LogP contribution in [0.4, 0.5) is 0 Å². The van der Waals surface area contributed by atoms with E-state index in [0.717, 1.165) is 0 Å². The van der Waals surface area contributed by atoms with Gasteiger partial charge in [0.25, 0.3) is 0 Å². The smallest absolute Gasteiger partial charge is 0.0960 e. The zero-order valence-electron chi connectivity index (χ0n) is 3.25. The first-order valence-corrected chi connectivity index (χ1v) is 1.31. The van der Waals surface area contributed by atoms with Gasteiger partial charge >= 0.3 is 0 Å². The molecule has 0 aliphatic carbocycles. The average molecular weight is 91.1 g/mol. The zero-order valence-corrected chi connectivity index (χ0v) is 3.25. The summed E-state index contributed by atoms with van der Waals surface area (Å²) in [5.74, 6) is 0. The van der Waals surface area contributed by atoms with E-state index in [9.17, 15) is 0 Å². The maximum atomic E-state index is 9.10. The number of nitrogens with one attached hydrogen (secondary N) is 1. The van der Waals surface area contributed by atoms with Crippen molar-refractivity contribution in [3.05, 3.63) is 4.91 Å². The normalized spacial score (nSPS) is 7.67. The topological polar surface area (TPSA) is 64.9 Å². The number of hydrogen-bond donors (Lipinski definition) is 2. The molecule has 0 aliphatic rings. The molecule has 0 radical (unpaired) electrons. The molecule has 0 fully saturated rings. The highest BCUT2D eigenvalue weighted by Crippen LogP contribution is 1.64. The van der Waals surface area contributed by atoms with Gasteiger partial charge in [-0.15, -0.1) is 4.91 Å². The Morgan fingerprint density at radius 3 is 2.50 bits per heavy atom. The van der Waals surface area contributed by atoms with E-state index in [4.69, 9.17) is 10.1 Å². The molecule has 0 aromatic carbocycles. The lowest BCUT2D eigenvalue weighted by Crippen LogP contribution is -2.24. The molecule has 36 valence electrons. The predicted octanol–water partition coefficient (Wildman–Crippen LogP) is -0.507. The summed E-state index contributed by atoms with van der Waals surface area (Å²) in [6.45, 7) is 0. The van der Waals surface area contributed by atoms with Gasteiger partial charge in [0.2, 0.25) is 0 Å². The first kappa shape index (κ1) is 5.32. The third kappa shape index (κ3) is 1.62. The fraction of sp³-hybridized carbons (Fsp3) is 1.00. The molecule has 0 saturated carbocycles. The summed E-state index contributed by atoms with van der Waals surface area (Å²) in [5.41, 5.74) is 2.02. The summed E-state index contributed by atoms with van der Waals surface area (Å²) in [6, 6.07) is 0. The standard InChI is InChI=1S/CH5N3O2/c1-2-4(6)3-5/h2,6H,1H3. The molecule has 0 aromatic rings. The maximum Gasteiger partial charge on any atom is 0.0960 e. The van der Waals surface area contributed by atoms with E-state index >= 15 is 0 Å². The fourth-order valence-corrected chi connectivity index (χ4v) is 0.0408. The molecule has 0 saturated heterocycles. The Morgan fingerprint density at radius 1 is 2.00 bits per heavy atom. The van der Waals surface area contributed by atoms with Gasteiger partial charge in [0.15, 0.2) is 0 Å². The summed E-state index contributed by atoms with van der Waals surface area (Å²) < 4.78 is 0. The molecule has 0 amide bonds. The van der Waals surface area contributed by atoms with Crippen LogP contribution in [0.2, 0.25) is 0 Å². The molecule has 0 bridgehead atoms. The van der Waals surface area contributed by atoms with E-state index in [1.54, 1.807) is 0 Å². The van der Waals surface area contributed by atoms with Gasteiger partial charge in [0, 0.05) is 7.05 Å². The van der Waals surface area contributed by atoms with Gasteiger partial charge in [-0.05, 0) is 0 Å². The van der Waals surface area contributed by atoms with Crippen molar-refractivity contribution in [2.45, 2.75) is 0 Å². The monoisotopic (exact) mass is 91.0 g/mol. The van der Waals surface area contributed by atoms with Crippen molar-refractivity contribution in [2.24, 2.45) is 5.29 Å². The van der Waals surface area contributed by atoms with Crippen LogP contribution in [0.1, 0.15) is 0 Å². The van der Waals surface area contributed by atoms with Crippen LogP contribution in [0.5, 0.6) is 0 Å². The molecule has 0 heterocycles. The predicted molar refractivity (Wildman–Crippen MR) is 18.5 cm³/mol. The minimum absolute atomic E-state index is 0.0694. The molecule has 5 nitrogen and oxygen atoms in total. The van der Waals surface area contributed by atoms with E-state index < -0.39 is 0 Å². The third-order valence-corrected chi connectivity index (χ3v) is 0.277. The molecule has 0 rings (SSSR count). The van der Waals surface area contributed by atoms with Crippen LogP contribution in [0.3, 0.4) is 0 Å².